The van der Waals surface area contributed by atoms with E-state index in [4.69, 9.17) is 5.73 Å². The van der Waals surface area contributed by atoms with E-state index in [1.807, 2.05) is 62.4 Å². The Kier molecular flexibility index (Phi) is 4.52. The van der Waals surface area contributed by atoms with Crippen LogP contribution in [0.1, 0.15) is 6.92 Å². The Morgan fingerprint density at radius 2 is 2.00 bits per heavy atom. The largest absolute Gasteiger partial charge is 0.385 e. The monoisotopic (exact) mass is 229 g/mol. The zero-order chi connectivity index (χ0) is 12.8. The third-order valence-corrected chi connectivity index (χ3v) is 2.28. The van der Waals surface area contributed by atoms with E-state index in [1.54, 1.807) is 0 Å². The van der Waals surface area contributed by atoms with Gasteiger partial charge in [-0.3, -0.25) is 0 Å². The third-order valence-electron chi connectivity index (χ3n) is 2.28. The summed E-state index contributed by atoms with van der Waals surface area (Å²) < 4.78 is 0. The minimum atomic E-state index is 0.692. The number of rotatable bonds is 3. The number of aliphatic imine (C=N–C) groups is 1. The molecule has 1 aliphatic rings. The molecular weight excluding hydrogens is 210 g/mol. The lowest BCUT2D eigenvalue weighted by Gasteiger charge is -2.17. The van der Waals surface area contributed by atoms with Gasteiger partial charge in [0.25, 0.3) is 0 Å². The molecule has 1 aliphatic carbocycles. The molecule has 0 unspecified atom stereocenters. The van der Waals surface area contributed by atoms with Crippen LogP contribution in [0.4, 0.5) is 0 Å². The smallest absolute Gasteiger partial charge is 0.108 e. The van der Waals surface area contributed by atoms with Gasteiger partial charge >= 0.3 is 0 Å². The van der Waals surface area contributed by atoms with Crippen LogP contribution in [0.25, 0.3) is 0 Å². The van der Waals surface area contributed by atoms with Crippen LogP contribution >= 0.6 is 0 Å². The van der Waals surface area contributed by atoms with Gasteiger partial charge in [0, 0.05) is 19.7 Å². The maximum atomic E-state index is 6.02. The number of hydrogen-bond acceptors (Lipinski definition) is 3. The van der Waals surface area contributed by atoms with Crippen molar-refractivity contribution in [1.29, 1.82) is 0 Å². The average Bonchev–Trinajstić information content (AvgIpc) is 2.29. The minimum absolute atomic E-state index is 0.692. The van der Waals surface area contributed by atoms with Gasteiger partial charge in [0.2, 0.25) is 0 Å². The van der Waals surface area contributed by atoms with Crippen molar-refractivity contribution in [2.45, 2.75) is 6.92 Å². The molecule has 1 rings (SSSR count). The molecule has 0 aromatic rings. The fourth-order valence-electron chi connectivity index (χ4n) is 1.41. The third kappa shape index (κ3) is 3.48. The lowest BCUT2D eigenvalue weighted by Crippen LogP contribution is -2.23. The zero-order valence-electron chi connectivity index (χ0n) is 10.6. The van der Waals surface area contributed by atoms with Crippen molar-refractivity contribution in [3.05, 3.63) is 60.1 Å². The van der Waals surface area contributed by atoms with Crippen molar-refractivity contribution in [1.82, 2.24) is 4.90 Å². The summed E-state index contributed by atoms with van der Waals surface area (Å²) in [6.07, 6.45) is 11.5. The summed E-state index contributed by atoms with van der Waals surface area (Å²) in [4.78, 5) is 6.31. The van der Waals surface area contributed by atoms with Crippen LogP contribution in [-0.4, -0.2) is 24.7 Å². The van der Waals surface area contributed by atoms with Crippen molar-refractivity contribution in [2.75, 3.05) is 14.1 Å². The average molecular weight is 229 g/mol. The standard InChI is InChI=1S/C14H19N3/c1-5-8-11(2)16-13-10-7-6-9-12(13)14(15)17(3)4/h5-10H,2,15H2,1,3-4H3/b8-5+,14-12+,16-13-. The number of nitrogens with zero attached hydrogens (tertiary/aromatic N) is 2. The highest BCUT2D eigenvalue weighted by molar-refractivity contribution is 6.12. The molecular formula is C14H19N3. The molecule has 90 valence electrons. The number of allylic oxidation sites excluding steroid dienone is 7. The summed E-state index contributed by atoms with van der Waals surface area (Å²) in [5.74, 6) is 0.692. The lowest BCUT2D eigenvalue weighted by molar-refractivity contribution is 0.503. The molecule has 3 nitrogen and oxygen atoms in total. The molecule has 0 heterocycles. The molecule has 0 amide bonds. The van der Waals surface area contributed by atoms with Crippen molar-refractivity contribution in [3.63, 3.8) is 0 Å². The van der Waals surface area contributed by atoms with Gasteiger partial charge in [-0.05, 0) is 25.2 Å². The van der Waals surface area contributed by atoms with Gasteiger partial charge in [0.05, 0.1) is 11.4 Å². The molecule has 0 radical (unpaired) electrons. The summed E-state index contributed by atoms with van der Waals surface area (Å²) in [5, 5.41) is 0. The molecule has 2 N–H and O–H groups in total. The van der Waals surface area contributed by atoms with Crippen molar-refractivity contribution < 1.29 is 0 Å². The first-order chi connectivity index (χ1) is 8.06. The summed E-state index contributed by atoms with van der Waals surface area (Å²) in [5.41, 5.74) is 8.49. The maximum Gasteiger partial charge on any atom is 0.108 e. The van der Waals surface area contributed by atoms with Gasteiger partial charge in [-0.15, -0.1) is 0 Å². The molecule has 0 saturated carbocycles. The van der Waals surface area contributed by atoms with E-state index >= 15 is 0 Å². The second-order valence-corrected chi connectivity index (χ2v) is 3.90. The molecule has 0 spiro atoms. The van der Waals surface area contributed by atoms with E-state index in [1.165, 1.54) is 0 Å². The zero-order valence-corrected chi connectivity index (χ0v) is 10.6. The Hall–Kier alpha value is -2.03. The first-order valence-corrected chi connectivity index (χ1v) is 5.48. The van der Waals surface area contributed by atoms with Gasteiger partial charge in [-0.25, -0.2) is 4.99 Å². The summed E-state index contributed by atoms with van der Waals surface area (Å²) in [6, 6.07) is 0. The Labute approximate surface area is 103 Å². The molecule has 0 atom stereocenters. The topological polar surface area (TPSA) is 41.6 Å². The van der Waals surface area contributed by atoms with E-state index < -0.39 is 0 Å². The van der Waals surface area contributed by atoms with Gasteiger partial charge in [-0.1, -0.05) is 24.8 Å². The summed E-state index contributed by atoms with van der Waals surface area (Å²) >= 11 is 0. The molecule has 0 saturated heterocycles. The highest BCUT2D eigenvalue weighted by atomic mass is 15.1. The SMILES string of the molecule is C=C(/C=C/C)/N=C1/C=CC=C/C1=C(/N)N(C)C. The first-order valence-electron chi connectivity index (χ1n) is 5.48. The lowest BCUT2D eigenvalue weighted by atomic mass is 10.0. The quantitative estimate of drug-likeness (QED) is 0.755. The first kappa shape index (κ1) is 13.0. The van der Waals surface area contributed by atoms with Crippen molar-refractivity contribution in [3.8, 4) is 0 Å². The highest BCUT2D eigenvalue weighted by Gasteiger charge is 2.10. The Morgan fingerprint density at radius 1 is 1.35 bits per heavy atom. The number of nitrogens with two attached hydrogens (primary N) is 1. The molecule has 3 heteroatoms. The van der Waals surface area contributed by atoms with E-state index in [0.29, 0.717) is 11.5 Å². The second kappa shape index (κ2) is 5.89. The van der Waals surface area contributed by atoms with Crippen LogP contribution in [0.15, 0.2) is 65.1 Å². The van der Waals surface area contributed by atoms with Crippen LogP contribution < -0.4 is 5.73 Å². The minimum Gasteiger partial charge on any atom is -0.385 e. The predicted molar refractivity (Wildman–Crippen MR) is 74.6 cm³/mol. The Balaban J connectivity index is 3.14. The molecule has 0 aromatic heterocycles. The normalized spacial score (nSPS) is 20.1. The van der Waals surface area contributed by atoms with Crippen LogP contribution in [0, 0.1) is 0 Å². The molecule has 0 bridgehead atoms. The Bertz CT molecular complexity index is 446. The fraction of sp³-hybridized carbons (Fsp3) is 0.214. The summed E-state index contributed by atoms with van der Waals surface area (Å²) in [7, 11) is 3.82. The molecule has 0 fully saturated rings. The van der Waals surface area contributed by atoms with Crippen LogP contribution in [-0.2, 0) is 0 Å². The van der Waals surface area contributed by atoms with E-state index in [2.05, 4.69) is 11.6 Å². The van der Waals surface area contributed by atoms with E-state index in [9.17, 15) is 0 Å². The van der Waals surface area contributed by atoms with Crippen LogP contribution in [0.2, 0.25) is 0 Å². The van der Waals surface area contributed by atoms with Gasteiger partial charge in [0.15, 0.2) is 0 Å². The Morgan fingerprint density at radius 3 is 2.59 bits per heavy atom. The van der Waals surface area contributed by atoms with Gasteiger partial charge in [-0.2, -0.15) is 0 Å². The van der Waals surface area contributed by atoms with Crippen molar-refractivity contribution in [2.24, 2.45) is 10.7 Å². The maximum absolute atomic E-state index is 6.02. The predicted octanol–water partition coefficient (Wildman–Crippen LogP) is 2.38. The van der Waals surface area contributed by atoms with Crippen LogP contribution in [0.3, 0.4) is 0 Å². The van der Waals surface area contributed by atoms with Crippen molar-refractivity contribution >= 4 is 5.71 Å². The van der Waals surface area contributed by atoms with E-state index in [-0.39, 0.29) is 0 Å². The summed E-state index contributed by atoms with van der Waals surface area (Å²) in [6.45, 7) is 5.81. The highest BCUT2D eigenvalue weighted by Crippen LogP contribution is 2.14. The van der Waals surface area contributed by atoms with Gasteiger partial charge < -0.3 is 10.6 Å². The molecule has 0 aromatic carbocycles. The molecule has 0 aliphatic heterocycles. The number of hydrogen-bond donors (Lipinski definition) is 1. The second-order valence-electron chi connectivity index (χ2n) is 3.90. The van der Waals surface area contributed by atoms with Gasteiger partial charge in [0.1, 0.15) is 5.82 Å². The molecule has 17 heavy (non-hydrogen) atoms. The van der Waals surface area contributed by atoms with Crippen LogP contribution in [0.5, 0.6) is 0 Å². The fourth-order valence-corrected chi connectivity index (χ4v) is 1.41. The van der Waals surface area contributed by atoms with E-state index in [0.717, 1.165) is 11.3 Å².